The number of likely N-dealkylation sites (N-methyl/N-ethyl adjacent to an activating group) is 1. The van der Waals surface area contributed by atoms with Crippen molar-refractivity contribution in [1.82, 2.24) is 5.32 Å². The van der Waals surface area contributed by atoms with Crippen LogP contribution in [-0.2, 0) is 21.1 Å². The highest BCUT2D eigenvalue weighted by atomic mass is 19.2. The number of aryl methyl sites for hydroxylation is 1. The molecule has 0 radical (unpaired) electrons. The second-order valence-electron chi connectivity index (χ2n) is 5.85. The quantitative estimate of drug-likeness (QED) is 0.583. The van der Waals surface area contributed by atoms with Crippen LogP contribution in [0.25, 0.3) is 0 Å². The smallest absolute Gasteiger partial charge is 0.273 e. The van der Waals surface area contributed by atoms with Gasteiger partial charge in [0, 0.05) is 23.7 Å². The summed E-state index contributed by atoms with van der Waals surface area (Å²) in [6.07, 6.45) is 0. The molecule has 0 saturated heterocycles. The van der Waals surface area contributed by atoms with E-state index < -0.39 is 17.5 Å². The van der Waals surface area contributed by atoms with Gasteiger partial charge in [-0.05, 0) is 31.5 Å². The van der Waals surface area contributed by atoms with Crippen molar-refractivity contribution in [2.45, 2.75) is 20.5 Å². The third-order valence-corrected chi connectivity index (χ3v) is 4.04. The zero-order valence-corrected chi connectivity index (χ0v) is 16.0. The van der Waals surface area contributed by atoms with E-state index in [0.717, 1.165) is 11.6 Å². The molecule has 1 amide bonds. The summed E-state index contributed by atoms with van der Waals surface area (Å²) < 4.78 is 27.2. The van der Waals surface area contributed by atoms with Gasteiger partial charge in [0.2, 0.25) is 0 Å². The minimum Gasteiger partial charge on any atom is -0.398 e. The van der Waals surface area contributed by atoms with Gasteiger partial charge in [0.25, 0.3) is 5.91 Å². The summed E-state index contributed by atoms with van der Waals surface area (Å²) in [4.78, 5) is 22.3. The fraction of sp³-hybridized carbons (Fsp3) is 0.250. The molecule has 2 rings (SSSR count). The van der Waals surface area contributed by atoms with E-state index >= 15 is 0 Å². The summed E-state index contributed by atoms with van der Waals surface area (Å²) in [7, 11) is 2.83. The Balaban J connectivity index is 2.31. The highest BCUT2D eigenvalue weighted by Gasteiger charge is 2.19. The van der Waals surface area contributed by atoms with Crippen molar-refractivity contribution in [3.05, 3.63) is 70.3 Å². The van der Waals surface area contributed by atoms with E-state index in [9.17, 15) is 13.6 Å². The Hall–Kier alpha value is -3.29. The van der Waals surface area contributed by atoms with Crippen molar-refractivity contribution in [2.24, 2.45) is 10.3 Å². The maximum absolute atomic E-state index is 13.9. The molecule has 6 nitrogen and oxygen atoms in total. The molecule has 1 N–H and O–H groups in total. The zero-order chi connectivity index (χ0) is 20.7. The van der Waals surface area contributed by atoms with Gasteiger partial charge in [-0.25, -0.2) is 8.78 Å². The van der Waals surface area contributed by atoms with Gasteiger partial charge in [-0.15, -0.1) is 0 Å². The third kappa shape index (κ3) is 4.70. The number of carbonyl (C=O) groups is 1. The van der Waals surface area contributed by atoms with Crippen molar-refractivity contribution in [1.29, 1.82) is 0 Å². The van der Waals surface area contributed by atoms with Gasteiger partial charge in [0.1, 0.15) is 13.7 Å². The topological polar surface area (TPSA) is 72.3 Å². The lowest BCUT2D eigenvalue weighted by atomic mass is 9.98. The van der Waals surface area contributed by atoms with Crippen LogP contribution in [0.1, 0.15) is 29.2 Å². The molecule has 0 fully saturated rings. The maximum Gasteiger partial charge on any atom is 0.273 e. The average molecular weight is 389 g/mol. The number of nitrogens with zero attached hydrogens (tertiary/aromatic N) is 2. The Kier molecular flexibility index (Phi) is 7.20. The van der Waals surface area contributed by atoms with E-state index in [4.69, 9.17) is 9.68 Å². The normalized spacial score (nSPS) is 11.9. The summed E-state index contributed by atoms with van der Waals surface area (Å²) >= 11 is 0. The van der Waals surface area contributed by atoms with Crippen LogP contribution < -0.4 is 5.32 Å². The van der Waals surface area contributed by atoms with E-state index in [0.29, 0.717) is 11.1 Å². The molecule has 2 aromatic rings. The fourth-order valence-electron chi connectivity index (χ4n) is 2.56. The maximum atomic E-state index is 13.9. The first-order chi connectivity index (χ1) is 13.4. The number of halogens is 2. The van der Waals surface area contributed by atoms with Crippen LogP contribution >= 0.6 is 0 Å². The lowest BCUT2D eigenvalue weighted by Crippen LogP contribution is -2.29. The van der Waals surface area contributed by atoms with Crippen molar-refractivity contribution < 1.29 is 23.3 Å². The number of nitrogens with one attached hydrogen (secondary N) is 1. The molecule has 8 heteroatoms. The molecule has 0 aromatic heterocycles. The zero-order valence-electron chi connectivity index (χ0n) is 16.0. The largest absolute Gasteiger partial charge is 0.398 e. The van der Waals surface area contributed by atoms with Gasteiger partial charge in [0.05, 0.1) is 5.71 Å². The summed E-state index contributed by atoms with van der Waals surface area (Å²) in [5.74, 6) is -2.37. The molecule has 0 aliphatic carbocycles. The predicted octanol–water partition coefficient (Wildman–Crippen LogP) is 3.31. The van der Waals surface area contributed by atoms with E-state index in [1.807, 2.05) is 13.0 Å². The fourth-order valence-corrected chi connectivity index (χ4v) is 2.56. The Bertz CT molecular complexity index is 927. The lowest BCUT2D eigenvalue weighted by molar-refractivity contribution is -0.114. The Morgan fingerprint density at radius 1 is 1.11 bits per heavy atom. The third-order valence-electron chi connectivity index (χ3n) is 4.04. The Labute approximate surface area is 161 Å². The number of oxime groups is 2. The number of amides is 1. The second-order valence-corrected chi connectivity index (χ2v) is 5.85. The SMILES string of the molecule is CNC(=O)/C(=N/OC)c1cccc(C)c1CO/N=C(\C)c1cccc(F)c1F. The van der Waals surface area contributed by atoms with Gasteiger partial charge >= 0.3 is 0 Å². The second kappa shape index (κ2) is 9.59. The minimum absolute atomic E-state index is 0.00396. The first kappa shape index (κ1) is 21.0. The van der Waals surface area contributed by atoms with Gasteiger partial charge in [0.15, 0.2) is 17.3 Å². The first-order valence-corrected chi connectivity index (χ1v) is 8.43. The van der Waals surface area contributed by atoms with E-state index in [1.165, 1.54) is 33.2 Å². The van der Waals surface area contributed by atoms with Crippen molar-refractivity contribution >= 4 is 17.3 Å². The Morgan fingerprint density at radius 3 is 2.46 bits per heavy atom. The van der Waals surface area contributed by atoms with Crippen LogP contribution in [0.4, 0.5) is 8.78 Å². The molecular formula is C20H21F2N3O3. The number of hydrogen-bond donors (Lipinski definition) is 1. The van der Waals surface area contributed by atoms with Crippen LogP contribution in [0.5, 0.6) is 0 Å². The monoisotopic (exact) mass is 389 g/mol. The van der Waals surface area contributed by atoms with Gasteiger partial charge in [-0.1, -0.05) is 34.6 Å². The van der Waals surface area contributed by atoms with Crippen LogP contribution in [0.2, 0.25) is 0 Å². The molecule has 0 heterocycles. The molecule has 0 bridgehead atoms. The minimum atomic E-state index is -0.988. The molecule has 0 unspecified atom stereocenters. The molecule has 0 spiro atoms. The summed E-state index contributed by atoms with van der Waals surface area (Å²) in [6, 6.07) is 9.17. The van der Waals surface area contributed by atoms with Crippen LogP contribution in [0, 0.1) is 18.6 Å². The highest BCUT2D eigenvalue weighted by Crippen LogP contribution is 2.18. The molecule has 0 atom stereocenters. The molecule has 148 valence electrons. The standard InChI is InChI=1S/C20H21F2N3O3/c1-12-7-5-9-15(19(25-27-4)20(26)23-3)16(12)11-28-24-13(2)14-8-6-10-17(21)18(14)22/h5-10H,11H2,1-4H3,(H,23,26)/b24-13+,25-19+. The van der Waals surface area contributed by atoms with E-state index in [2.05, 4.69) is 15.6 Å². The van der Waals surface area contributed by atoms with Crippen LogP contribution in [0.3, 0.4) is 0 Å². The van der Waals surface area contributed by atoms with Crippen LogP contribution in [0.15, 0.2) is 46.7 Å². The Morgan fingerprint density at radius 2 is 1.79 bits per heavy atom. The molecule has 0 saturated carbocycles. The number of rotatable bonds is 7. The van der Waals surface area contributed by atoms with Gasteiger partial charge in [-0.2, -0.15) is 0 Å². The average Bonchev–Trinajstić information content (AvgIpc) is 2.68. The van der Waals surface area contributed by atoms with Crippen molar-refractivity contribution in [2.75, 3.05) is 14.2 Å². The van der Waals surface area contributed by atoms with E-state index in [1.54, 1.807) is 12.1 Å². The van der Waals surface area contributed by atoms with Crippen LogP contribution in [-0.4, -0.2) is 31.5 Å². The molecule has 0 aliphatic heterocycles. The highest BCUT2D eigenvalue weighted by molar-refractivity contribution is 6.45. The molecule has 2 aromatic carbocycles. The number of carbonyl (C=O) groups excluding carboxylic acids is 1. The number of benzene rings is 2. The lowest BCUT2D eigenvalue weighted by Gasteiger charge is -2.13. The molecule has 0 aliphatic rings. The molecular weight excluding hydrogens is 368 g/mol. The molecule has 28 heavy (non-hydrogen) atoms. The predicted molar refractivity (Wildman–Crippen MR) is 102 cm³/mol. The van der Waals surface area contributed by atoms with Gasteiger partial charge < -0.3 is 15.0 Å². The summed E-state index contributed by atoms with van der Waals surface area (Å²) in [5, 5.41) is 10.2. The van der Waals surface area contributed by atoms with Crippen molar-refractivity contribution in [3.63, 3.8) is 0 Å². The summed E-state index contributed by atoms with van der Waals surface area (Å²) in [6.45, 7) is 3.36. The first-order valence-electron chi connectivity index (χ1n) is 8.43. The van der Waals surface area contributed by atoms with Crippen molar-refractivity contribution in [3.8, 4) is 0 Å². The van der Waals surface area contributed by atoms with E-state index in [-0.39, 0.29) is 23.6 Å². The van der Waals surface area contributed by atoms with Gasteiger partial charge in [-0.3, -0.25) is 4.79 Å². The summed E-state index contributed by atoms with van der Waals surface area (Å²) in [5.41, 5.74) is 2.31. The number of hydrogen-bond acceptors (Lipinski definition) is 5.